The van der Waals surface area contributed by atoms with Crippen molar-refractivity contribution in [2.75, 3.05) is 5.73 Å². The first kappa shape index (κ1) is 21.6. The van der Waals surface area contributed by atoms with Gasteiger partial charge in [0.25, 0.3) is 0 Å². The summed E-state index contributed by atoms with van der Waals surface area (Å²) in [6, 6.07) is 0. The zero-order valence-electron chi connectivity index (χ0n) is 13.9. The van der Waals surface area contributed by atoms with Crippen molar-refractivity contribution in [2.24, 2.45) is 0 Å². The van der Waals surface area contributed by atoms with E-state index in [0.717, 1.165) is 0 Å². The molecule has 4 atom stereocenters. The zero-order valence-corrected chi connectivity index (χ0v) is 14.7. The van der Waals surface area contributed by atoms with Gasteiger partial charge in [0.2, 0.25) is 5.95 Å². The number of fused-ring (bicyclic) bond motifs is 1. The van der Waals surface area contributed by atoms with Gasteiger partial charge in [-0.05, 0) is 0 Å². The van der Waals surface area contributed by atoms with E-state index in [1.165, 1.54) is 0 Å². The first-order valence-corrected chi connectivity index (χ1v) is 8.17. The smallest absolute Gasteiger partial charge is 0.388 e. The molecule has 1 unspecified atom stereocenters. The lowest BCUT2D eigenvalue weighted by molar-refractivity contribution is -0.237. The molecule has 162 valence electrons. The lowest BCUT2D eigenvalue weighted by Crippen LogP contribution is -2.40. The summed E-state index contributed by atoms with van der Waals surface area (Å²) in [5.74, 6) is -0.542. The second kappa shape index (κ2) is 7.00. The van der Waals surface area contributed by atoms with E-state index >= 15 is 0 Å². The van der Waals surface area contributed by atoms with Crippen LogP contribution >= 0.6 is 11.6 Å². The maximum Gasteiger partial charge on any atom is 0.416 e. The molecule has 1 saturated heterocycles. The van der Waals surface area contributed by atoms with Gasteiger partial charge in [-0.25, -0.2) is 9.36 Å². The molecule has 1 aliphatic heterocycles. The van der Waals surface area contributed by atoms with Gasteiger partial charge in [0.15, 0.2) is 23.1 Å². The molecule has 0 saturated carbocycles. The van der Waals surface area contributed by atoms with Crippen molar-refractivity contribution in [3.8, 4) is 0 Å². The van der Waals surface area contributed by atoms with Crippen molar-refractivity contribution in [3.05, 3.63) is 15.6 Å². The Bertz CT molecular complexity index is 989. The fourth-order valence-electron chi connectivity index (χ4n) is 3.03. The van der Waals surface area contributed by atoms with Crippen LogP contribution in [0.5, 0.6) is 0 Å². The first-order valence-electron chi connectivity index (χ1n) is 7.79. The summed E-state index contributed by atoms with van der Waals surface area (Å²) in [5, 5.41) is 18.8. The number of hydrogen-bond donors (Lipinski definition) is 3. The predicted molar refractivity (Wildman–Crippen MR) is 83.9 cm³/mol. The van der Waals surface area contributed by atoms with Gasteiger partial charge in [-0.3, -0.25) is 4.57 Å². The molecule has 29 heavy (non-hydrogen) atoms. The van der Waals surface area contributed by atoms with E-state index in [1.54, 1.807) is 0 Å². The Balaban J connectivity index is 2.15. The quantitative estimate of drug-likeness (QED) is 0.468. The maximum absolute atomic E-state index is 12.9. The van der Waals surface area contributed by atoms with Gasteiger partial charge in [0.05, 0.1) is 6.10 Å². The summed E-state index contributed by atoms with van der Waals surface area (Å²) < 4.78 is 82.4. The molecule has 3 heterocycles. The third-order valence-corrected chi connectivity index (χ3v) is 4.44. The summed E-state index contributed by atoms with van der Waals surface area (Å²) in [4.78, 5) is 19.7. The van der Waals surface area contributed by atoms with Crippen LogP contribution in [-0.2, 0) is 11.3 Å². The molecule has 16 heteroatoms. The van der Waals surface area contributed by atoms with Crippen molar-refractivity contribution < 1.29 is 41.3 Å². The van der Waals surface area contributed by atoms with Gasteiger partial charge in [0.1, 0.15) is 18.2 Å². The number of aliphatic hydroxyl groups is 2. The van der Waals surface area contributed by atoms with Gasteiger partial charge in [-0.1, -0.05) is 11.6 Å². The minimum atomic E-state index is -5.09. The fraction of sp³-hybridized carbons (Fsp3) is 0.615. The lowest BCUT2D eigenvalue weighted by atomic mass is 10.1. The minimum Gasteiger partial charge on any atom is -0.388 e. The number of imidazole rings is 1. The fourth-order valence-corrected chi connectivity index (χ4v) is 3.30. The Labute approximate surface area is 161 Å². The Hall–Kier alpha value is -2.10. The Morgan fingerprint density at radius 2 is 1.90 bits per heavy atom. The molecule has 0 amide bonds. The Kier molecular flexibility index (Phi) is 5.21. The summed E-state index contributed by atoms with van der Waals surface area (Å²) in [6.45, 7) is -1.82. The summed E-state index contributed by atoms with van der Waals surface area (Å²) in [5.41, 5.74) is 2.80. The summed E-state index contributed by atoms with van der Waals surface area (Å²) in [6.07, 6.45) is -19.4. The van der Waals surface area contributed by atoms with Crippen LogP contribution in [0.15, 0.2) is 4.79 Å². The SMILES string of the molecule is Nc1nc(Cl)c2c(n1)n([C@@H]1O[C@H](C(O)C(F)(F)F)C[C@H]1O)c(=O)n2CC(F)(F)F. The molecular formula is C13H12ClF6N5O4. The third-order valence-electron chi connectivity index (χ3n) is 4.17. The first-order chi connectivity index (χ1) is 13.2. The summed E-state index contributed by atoms with van der Waals surface area (Å²) >= 11 is 5.80. The second-order valence-electron chi connectivity index (χ2n) is 6.25. The molecule has 1 aliphatic rings. The van der Waals surface area contributed by atoms with Crippen LogP contribution in [0.1, 0.15) is 12.6 Å². The van der Waals surface area contributed by atoms with Crippen LogP contribution in [0.25, 0.3) is 11.2 Å². The van der Waals surface area contributed by atoms with Crippen LogP contribution in [-0.4, -0.2) is 60.0 Å². The summed E-state index contributed by atoms with van der Waals surface area (Å²) in [7, 11) is 0. The van der Waals surface area contributed by atoms with E-state index in [9.17, 15) is 41.4 Å². The second-order valence-corrected chi connectivity index (χ2v) is 6.61. The molecule has 0 radical (unpaired) electrons. The molecule has 3 rings (SSSR count). The van der Waals surface area contributed by atoms with Crippen LogP contribution in [0.3, 0.4) is 0 Å². The van der Waals surface area contributed by atoms with Gasteiger partial charge in [-0.15, -0.1) is 0 Å². The van der Waals surface area contributed by atoms with Crippen molar-refractivity contribution >= 4 is 28.7 Å². The number of aliphatic hydroxyl groups excluding tert-OH is 2. The number of rotatable bonds is 3. The zero-order chi connectivity index (χ0) is 21.9. The molecule has 0 bridgehead atoms. The van der Waals surface area contributed by atoms with Crippen LogP contribution in [0.4, 0.5) is 32.3 Å². The van der Waals surface area contributed by atoms with Crippen molar-refractivity contribution in [1.29, 1.82) is 0 Å². The predicted octanol–water partition coefficient (Wildman–Crippen LogP) is 0.962. The highest BCUT2D eigenvalue weighted by atomic mass is 35.5. The van der Waals surface area contributed by atoms with Crippen LogP contribution in [0.2, 0.25) is 5.15 Å². The molecule has 1 fully saturated rings. The van der Waals surface area contributed by atoms with Gasteiger partial charge < -0.3 is 20.7 Å². The lowest BCUT2D eigenvalue weighted by Gasteiger charge is -2.21. The monoisotopic (exact) mass is 451 g/mol. The molecule has 2 aromatic heterocycles. The van der Waals surface area contributed by atoms with Crippen LogP contribution in [0, 0.1) is 0 Å². The number of nitrogens with two attached hydrogens (primary N) is 1. The van der Waals surface area contributed by atoms with Gasteiger partial charge in [-0.2, -0.15) is 36.3 Å². The van der Waals surface area contributed by atoms with E-state index in [2.05, 4.69) is 9.97 Å². The van der Waals surface area contributed by atoms with Gasteiger partial charge >= 0.3 is 18.0 Å². The molecule has 9 nitrogen and oxygen atoms in total. The molecule has 0 spiro atoms. The van der Waals surface area contributed by atoms with Crippen molar-refractivity contribution in [2.45, 2.75) is 49.9 Å². The highest BCUT2D eigenvalue weighted by molar-refractivity contribution is 6.33. The molecular weight excluding hydrogens is 440 g/mol. The van der Waals surface area contributed by atoms with Crippen LogP contribution < -0.4 is 11.4 Å². The molecule has 2 aromatic rings. The number of hydrogen-bond acceptors (Lipinski definition) is 7. The number of alkyl halides is 6. The highest BCUT2D eigenvalue weighted by Gasteiger charge is 2.50. The van der Waals surface area contributed by atoms with E-state index in [1.807, 2.05) is 0 Å². The van der Waals surface area contributed by atoms with Crippen molar-refractivity contribution in [1.82, 2.24) is 19.1 Å². The van der Waals surface area contributed by atoms with Crippen molar-refractivity contribution in [3.63, 3.8) is 0 Å². The third kappa shape index (κ3) is 3.99. The number of nitrogen functional groups attached to an aromatic ring is 1. The van der Waals surface area contributed by atoms with E-state index in [4.69, 9.17) is 22.1 Å². The standard InChI is InChI=1S/C13H12ClF6N5O4/c14-7-5-8(23-10(21)22-7)25(11(28)24(5)2-12(15,16)17)9-3(26)1-4(29-9)6(27)13(18,19)20/h3-4,6,9,26-27H,1-2H2,(H2,21,22,23)/t3-,4+,6?,9-/m1/s1. The molecule has 0 aliphatic carbocycles. The Morgan fingerprint density at radius 3 is 2.45 bits per heavy atom. The van der Waals surface area contributed by atoms with E-state index in [0.29, 0.717) is 4.57 Å². The molecule has 0 aromatic carbocycles. The number of ether oxygens (including phenoxy) is 1. The van der Waals surface area contributed by atoms with Gasteiger partial charge in [0, 0.05) is 6.42 Å². The number of halogens is 7. The number of aromatic nitrogens is 4. The Morgan fingerprint density at radius 1 is 1.28 bits per heavy atom. The average Bonchev–Trinajstić information content (AvgIpc) is 3.03. The normalized spacial score (nSPS) is 24.4. The van der Waals surface area contributed by atoms with E-state index < -0.39 is 77.8 Å². The topological polar surface area (TPSA) is 128 Å². The largest absolute Gasteiger partial charge is 0.416 e. The highest BCUT2D eigenvalue weighted by Crippen LogP contribution is 2.37. The molecule has 4 N–H and O–H groups in total. The number of nitrogens with zero attached hydrogens (tertiary/aromatic N) is 4. The average molecular weight is 452 g/mol. The maximum atomic E-state index is 12.9. The number of anilines is 1. The minimum absolute atomic E-state index is 0.140. The van der Waals surface area contributed by atoms with E-state index in [-0.39, 0.29) is 4.57 Å².